The first kappa shape index (κ1) is 18.8. The molecule has 2 aliphatic heterocycles. The van der Waals surface area contributed by atoms with Gasteiger partial charge in [0.05, 0.1) is 17.7 Å². The third-order valence-corrected chi connectivity index (χ3v) is 6.47. The number of benzene rings is 2. The van der Waals surface area contributed by atoms with E-state index in [1.54, 1.807) is 29.2 Å². The van der Waals surface area contributed by atoms with Gasteiger partial charge in [-0.3, -0.25) is 9.52 Å². The van der Waals surface area contributed by atoms with Crippen LogP contribution in [0.3, 0.4) is 0 Å². The number of anilines is 2. The number of sulfonamides is 1. The molecule has 8 heteroatoms. The second-order valence-electron chi connectivity index (χ2n) is 6.87. The molecule has 148 valence electrons. The molecule has 7 nitrogen and oxygen atoms in total. The largest absolute Gasteiger partial charge is 0.497 e. The van der Waals surface area contributed by atoms with Gasteiger partial charge in [0.25, 0.3) is 15.9 Å². The minimum atomic E-state index is -3.74. The maximum Gasteiger partial charge on any atom is 0.261 e. The summed E-state index contributed by atoms with van der Waals surface area (Å²) < 4.78 is 38.5. The van der Waals surface area contributed by atoms with Gasteiger partial charge in [0.1, 0.15) is 11.9 Å². The molecule has 1 saturated heterocycles. The number of fused-ring (bicyclic) bond motifs is 1. The lowest BCUT2D eigenvalue weighted by Gasteiger charge is -2.21. The molecular weight excluding hydrogens is 380 g/mol. The summed E-state index contributed by atoms with van der Waals surface area (Å²) in [6, 6.07) is 11.5. The van der Waals surface area contributed by atoms with Gasteiger partial charge >= 0.3 is 0 Å². The van der Waals surface area contributed by atoms with Crippen molar-refractivity contribution in [2.45, 2.75) is 30.3 Å². The first-order valence-corrected chi connectivity index (χ1v) is 10.7. The minimum absolute atomic E-state index is 0.0496. The van der Waals surface area contributed by atoms with Crippen LogP contribution in [0.25, 0.3) is 0 Å². The van der Waals surface area contributed by atoms with Gasteiger partial charge in [-0.2, -0.15) is 0 Å². The van der Waals surface area contributed by atoms with Crippen LogP contribution in [0.4, 0.5) is 11.4 Å². The first-order valence-electron chi connectivity index (χ1n) is 9.21. The van der Waals surface area contributed by atoms with Gasteiger partial charge in [0.2, 0.25) is 0 Å². The van der Waals surface area contributed by atoms with Crippen LogP contribution >= 0.6 is 0 Å². The average molecular weight is 402 g/mol. The molecular formula is C20H22N2O5S. The molecule has 1 fully saturated rings. The van der Waals surface area contributed by atoms with Crippen molar-refractivity contribution >= 4 is 27.3 Å². The minimum Gasteiger partial charge on any atom is -0.497 e. The highest BCUT2D eigenvalue weighted by atomic mass is 32.2. The van der Waals surface area contributed by atoms with Crippen molar-refractivity contribution in [3.05, 3.63) is 48.0 Å². The molecule has 0 saturated carbocycles. The Hall–Kier alpha value is -2.58. The average Bonchev–Trinajstić information content (AvgIpc) is 3.37. The molecule has 28 heavy (non-hydrogen) atoms. The SMILES string of the molecule is COc1ccc(S(=O)(=O)Nc2ccc3c(c2)N(C(=O)C2CCCO2)CC3)cc1. The van der Waals surface area contributed by atoms with E-state index in [1.165, 1.54) is 19.2 Å². The van der Waals surface area contributed by atoms with Gasteiger partial charge in [0.15, 0.2) is 0 Å². The monoisotopic (exact) mass is 402 g/mol. The Morgan fingerprint density at radius 2 is 2.00 bits per heavy atom. The number of carbonyl (C=O) groups excluding carboxylic acids is 1. The highest BCUT2D eigenvalue weighted by Gasteiger charge is 2.33. The first-order chi connectivity index (χ1) is 13.5. The van der Waals surface area contributed by atoms with Gasteiger partial charge in [-0.25, -0.2) is 8.42 Å². The van der Waals surface area contributed by atoms with Crippen LogP contribution in [0.15, 0.2) is 47.4 Å². The second kappa shape index (κ2) is 7.44. The molecule has 2 aromatic rings. The highest BCUT2D eigenvalue weighted by molar-refractivity contribution is 7.92. The molecule has 0 bridgehead atoms. The molecule has 0 radical (unpaired) electrons. The van der Waals surface area contributed by atoms with E-state index in [0.29, 0.717) is 24.6 Å². The molecule has 0 aromatic heterocycles. The lowest BCUT2D eigenvalue weighted by atomic mass is 10.1. The standard InChI is InChI=1S/C20H22N2O5S/c1-26-16-6-8-17(9-7-16)28(24,25)21-15-5-4-14-10-11-22(18(14)13-15)20(23)19-3-2-12-27-19/h4-9,13,19,21H,2-3,10-12H2,1H3. The highest BCUT2D eigenvalue weighted by Crippen LogP contribution is 2.33. The van der Waals surface area contributed by atoms with E-state index < -0.39 is 16.1 Å². The maximum atomic E-state index is 12.7. The summed E-state index contributed by atoms with van der Waals surface area (Å²) in [5.41, 5.74) is 2.19. The van der Waals surface area contributed by atoms with Gasteiger partial charge in [-0.1, -0.05) is 6.07 Å². The van der Waals surface area contributed by atoms with Crippen LogP contribution in [-0.4, -0.2) is 40.7 Å². The van der Waals surface area contributed by atoms with Crippen LogP contribution < -0.4 is 14.4 Å². The van der Waals surface area contributed by atoms with Crippen molar-refractivity contribution in [3.8, 4) is 5.75 Å². The molecule has 0 spiro atoms. The molecule has 2 aliphatic rings. The second-order valence-corrected chi connectivity index (χ2v) is 8.55. The van der Waals surface area contributed by atoms with Gasteiger partial charge in [-0.05, 0) is 61.2 Å². The molecule has 1 amide bonds. The Kier molecular flexibility index (Phi) is 4.99. The Balaban J connectivity index is 1.56. The Morgan fingerprint density at radius 1 is 1.21 bits per heavy atom. The number of nitrogens with zero attached hydrogens (tertiary/aromatic N) is 1. The number of amides is 1. The lowest BCUT2D eigenvalue weighted by molar-refractivity contribution is -0.127. The van der Waals surface area contributed by atoms with E-state index in [0.717, 1.165) is 30.5 Å². The van der Waals surface area contributed by atoms with E-state index in [4.69, 9.17) is 9.47 Å². The van der Waals surface area contributed by atoms with E-state index in [-0.39, 0.29) is 10.8 Å². The van der Waals surface area contributed by atoms with Crippen LogP contribution in [-0.2, 0) is 26.0 Å². The van der Waals surface area contributed by atoms with Crippen molar-refractivity contribution in [1.29, 1.82) is 0 Å². The van der Waals surface area contributed by atoms with Crippen molar-refractivity contribution < 1.29 is 22.7 Å². The Bertz CT molecular complexity index is 982. The van der Waals surface area contributed by atoms with Crippen LogP contribution in [0.5, 0.6) is 5.75 Å². The third-order valence-electron chi connectivity index (χ3n) is 5.07. The van der Waals surface area contributed by atoms with Crippen molar-refractivity contribution in [2.75, 3.05) is 29.9 Å². The topological polar surface area (TPSA) is 84.9 Å². The van der Waals surface area contributed by atoms with Gasteiger partial charge < -0.3 is 14.4 Å². The summed E-state index contributed by atoms with van der Waals surface area (Å²) in [7, 11) is -2.22. The molecule has 2 aromatic carbocycles. The summed E-state index contributed by atoms with van der Waals surface area (Å²) in [6.07, 6.45) is 1.97. The zero-order valence-corrected chi connectivity index (χ0v) is 16.4. The molecule has 2 heterocycles. The Labute approximate surface area is 164 Å². The molecule has 0 aliphatic carbocycles. The lowest BCUT2D eigenvalue weighted by Crippen LogP contribution is -2.37. The maximum absolute atomic E-state index is 12.7. The quantitative estimate of drug-likeness (QED) is 0.831. The number of nitrogens with one attached hydrogen (secondary N) is 1. The number of rotatable bonds is 5. The fraction of sp³-hybridized carbons (Fsp3) is 0.350. The third kappa shape index (κ3) is 3.57. The zero-order valence-electron chi connectivity index (χ0n) is 15.6. The number of ether oxygens (including phenoxy) is 2. The summed E-state index contributed by atoms with van der Waals surface area (Å²) in [5.74, 6) is 0.533. The predicted molar refractivity (Wildman–Crippen MR) is 105 cm³/mol. The van der Waals surface area contributed by atoms with Crippen molar-refractivity contribution in [2.24, 2.45) is 0 Å². The predicted octanol–water partition coefficient (Wildman–Crippen LogP) is 2.56. The molecule has 1 unspecified atom stereocenters. The summed E-state index contributed by atoms with van der Waals surface area (Å²) in [5, 5.41) is 0. The van der Waals surface area contributed by atoms with Crippen molar-refractivity contribution in [3.63, 3.8) is 0 Å². The molecule has 4 rings (SSSR count). The fourth-order valence-electron chi connectivity index (χ4n) is 3.59. The van der Waals surface area contributed by atoms with Crippen LogP contribution in [0, 0.1) is 0 Å². The number of hydrogen-bond donors (Lipinski definition) is 1. The van der Waals surface area contributed by atoms with E-state index >= 15 is 0 Å². The van der Waals surface area contributed by atoms with E-state index in [1.807, 2.05) is 6.07 Å². The van der Waals surface area contributed by atoms with E-state index in [9.17, 15) is 13.2 Å². The summed E-state index contributed by atoms with van der Waals surface area (Å²) in [6.45, 7) is 1.20. The van der Waals surface area contributed by atoms with Crippen LogP contribution in [0.2, 0.25) is 0 Å². The van der Waals surface area contributed by atoms with Gasteiger partial charge in [-0.15, -0.1) is 0 Å². The Morgan fingerprint density at radius 3 is 2.68 bits per heavy atom. The molecule has 1 N–H and O–H groups in total. The van der Waals surface area contributed by atoms with Gasteiger partial charge in [0, 0.05) is 18.8 Å². The number of methoxy groups -OCH3 is 1. The van der Waals surface area contributed by atoms with E-state index in [2.05, 4.69) is 4.72 Å². The summed E-state index contributed by atoms with van der Waals surface area (Å²) in [4.78, 5) is 14.6. The normalized spacial score (nSPS) is 18.8. The smallest absolute Gasteiger partial charge is 0.261 e. The van der Waals surface area contributed by atoms with Crippen molar-refractivity contribution in [1.82, 2.24) is 0 Å². The summed E-state index contributed by atoms with van der Waals surface area (Å²) >= 11 is 0. The molecule has 1 atom stereocenters. The number of carbonyl (C=O) groups is 1. The number of hydrogen-bond acceptors (Lipinski definition) is 5. The fourth-order valence-corrected chi connectivity index (χ4v) is 4.64. The zero-order chi connectivity index (χ0) is 19.7. The van der Waals surface area contributed by atoms with Crippen LogP contribution in [0.1, 0.15) is 18.4 Å².